The molecule has 23 heavy (non-hydrogen) atoms. The van der Waals surface area contributed by atoms with Crippen molar-refractivity contribution in [2.75, 3.05) is 6.54 Å². The minimum Gasteiger partial charge on any atom is -0.480 e. The highest BCUT2D eigenvalue weighted by molar-refractivity contribution is 6.31. The first kappa shape index (κ1) is 16.0. The maximum Gasteiger partial charge on any atom is 0.320 e. The molecule has 2 unspecified atom stereocenters. The van der Waals surface area contributed by atoms with Crippen molar-refractivity contribution in [2.24, 2.45) is 0 Å². The molecule has 0 spiro atoms. The molecule has 0 aliphatic carbocycles. The predicted octanol–water partition coefficient (Wildman–Crippen LogP) is 4.12. The van der Waals surface area contributed by atoms with Crippen molar-refractivity contribution in [3.8, 4) is 0 Å². The van der Waals surface area contributed by atoms with Crippen molar-refractivity contribution < 1.29 is 14.3 Å². The molecule has 2 atom stereocenters. The van der Waals surface area contributed by atoms with Crippen LogP contribution >= 0.6 is 11.6 Å². The van der Waals surface area contributed by atoms with Gasteiger partial charge in [-0.3, -0.25) is 9.69 Å². The minimum atomic E-state index is -0.851. The van der Waals surface area contributed by atoms with Crippen LogP contribution in [0.2, 0.25) is 5.02 Å². The minimum absolute atomic E-state index is 0.342. The molecule has 1 aliphatic rings. The van der Waals surface area contributed by atoms with Crippen LogP contribution in [0.1, 0.15) is 30.0 Å². The Balaban J connectivity index is 2.11. The summed E-state index contributed by atoms with van der Waals surface area (Å²) in [7, 11) is 0. The molecule has 1 saturated heterocycles. The number of carboxylic acids is 1. The summed E-state index contributed by atoms with van der Waals surface area (Å²) in [6, 6.07) is 12.7. The Morgan fingerprint density at radius 3 is 2.74 bits per heavy atom. The zero-order valence-electron chi connectivity index (χ0n) is 12.5. The molecule has 5 heteroatoms. The van der Waals surface area contributed by atoms with Crippen molar-refractivity contribution in [1.29, 1.82) is 0 Å². The van der Waals surface area contributed by atoms with Gasteiger partial charge in [-0.1, -0.05) is 41.9 Å². The molecule has 0 aromatic heterocycles. The lowest BCUT2D eigenvalue weighted by Gasteiger charge is -2.32. The average molecular weight is 334 g/mol. The number of hydrogen-bond donors (Lipinski definition) is 1. The van der Waals surface area contributed by atoms with Crippen LogP contribution in [-0.2, 0) is 4.79 Å². The van der Waals surface area contributed by atoms with Crippen molar-refractivity contribution in [3.05, 3.63) is 70.5 Å². The molecule has 0 radical (unpaired) electrons. The lowest BCUT2D eigenvalue weighted by Crippen LogP contribution is -2.39. The van der Waals surface area contributed by atoms with Gasteiger partial charge >= 0.3 is 5.97 Å². The number of carboxylic acid groups (broad SMARTS) is 1. The van der Waals surface area contributed by atoms with Crippen LogP contribution in [0.4, 0.5) is 4.39 Å². The van der Waals surface area contributed by atoms with E-state index in [0.29, 0.717) is 23.6 Å². The molecule has 2 aromatic rings. The molecular formula is C18H17ClFNO2. The maximum atomic E-state index is 13.7. The van der Waals surface area contributed by atoms with Crippen molar-refractivity contribution in [1.82, 2.24) is 4.90 Å². The van der Waals surface area contributed by atoms with E-state index in [-0.39, 0.29) is 11.9 Å². The Hall–Kier alpha value is -1.91. The molecule has 1 fully saturated rings. The van der Waals surface area contributed by atoms with E-state index in [1.807, 2.05) is 29.2 Å². The highest BCUT2D eigenvalue weighted by Gasteiger charge is 2.37. The van der Waals surface area contributed by atoms with Gasteiger partial charge in [0, 0.05) is 11.6 Å². The van der Waals surface area contributed by atoms with E-state index in [2.05, 4.69) is 0 Å². The predicted molar refractivity (Wildman–Crippen MR) is 87.1 cm³/mol. The Bertz CT molecular complexity index is 722. The fourth-order valence-corrected chi connectivity index (χ4v) is 3.53. The topological polar surface area (TPSA) is 40.5 Å². The molecule has 0 amide bonds. The van der Waals surface area contributed by atoms with E-state index in [0.717, 1.165) is 12.0 Å². The number of nitrogens with zero attached hydrogens (tertiary/aromatic N) is 1. The number of hydrogen-bond acceptors (Lipinski definition) is 2. The summed E-state index contributed by atoms with van der Waals surface area (Å²) in [6.07, 6.45) is 1.39. The highest BCUT2D eigenvalue weighted by Crippen LogP contribution is 2.37. The summed E-state index contributed by atoms with van der Waals surface area (Å²) in [5.41, 5.74) is 1.51. The van der Waals surface area contributed by atoms with Gasteiger partial charge in [0.25, 0.3) is 0 Å². The highest BCUT2D eigenvalue weighted by atomic mass is 35.5. The standard InChI is InChI=1S/C18H17ClFNO2/c19-15-8-2-1-7-14(15)17(12-5-3-6-13(20)11-12)21-10-4-9-16(21)18(22)23/h1-3,5-8,11,16-17H,4,9-10H2,(H,22,23). The fraction of sp³-hybridized carbons (Fsp3) is 0.278. The zero-order chi connectivity index (χ0) is 16.4. The number of halogens is 2. The summed E-state index contributed by atoms with van der Waals surface area (Å²) in [5.74, 6) is -1.19. The largest absolute Gasteiger partial charge is 0.480 e. The van der Waals surface area contributed by atoms with Crippen molar-refractivity contribution in [2.45, 2.75) is 24.9 Å². The van der Waals surface area contributed by atoms with Gasteiger partial charge in [-0.15, -0.1) is 0 Å². The molecule has 0 saturated carbocycles. The number of carbonyl (C=O) groups is 1. The van der Waals surface area contributed by atoms with Crippen molar-refractivity contribution >= 4 is 17.6 Å². The molecule has 1 N–H and O–H groups in total. The maximum absolute atomic E-state index is 13.7. The van der Waals surface area contributed by atoms with E-state index in [4.69, 9.17) is 11.6 Å². The summed E-state index contributed by atoms with van der Waals surface area (Å²) < 4.78 is 13.7. The molecule has 3 rings (SSSR count). The van der Waals surface area contributed by atoms with Crippen LogP contribution in [0.5, 0.6) is 0 Å². The molecular weight excluding hydrogens is 317 g/mol. The fourth-order valence-electron chi connectivity index (χ4n) is 3.29. The Morgan fingerprint density at radius 1 is 1.26 bits per heavy atom. The zero-order valence-corrected chi connectivity index (χ0v) is 13.2. The summed E-state index contributed by atoms with van der Waals surface area (Å²) in [4.78, 5) is 13.5. The van der Waals surface area contributed by atoms with E-state index in [1.54, 1.807) is 12.1 Å². The van der Waals surface area contributed by atoms with E-state index < -0.39 is 12.0 Å². The molecule has 1 heterocycles. The van der Waals surface area contributed by atoms with Crippen LogP contribution in [0.25, 0.3) is 0 Å². The third kappa shape index (κ3) is 3.23. The van der Waals surface area contributed by atoms with Crippen LogP contribution in [-0.4, -0.2) is 28.6 Å². The lowest BCUT2D eigenvalue weighted by atomic mass is 9.96. The van der Waals surface area contributed by atoms with Gasteiger partial charge in [0.05, 0.1) is 6.04 Å². The average Bonchev–Trinajstić information content (AvgIpc) is 2.99. The Labute approximate surface area is 139 Å². The van der Waals surface area contributed by atoms with Gasteiger partial charge < -0.3 is 5.11 Å². The monoisotopic (exact) mass is 333 g/mol. The van der Waals surface area contributed by atoms with Gasteiger partial charge in [-0.2, -0.15) is 0 Å². The quantitative estimate of drug-likeness (QED) is 0.915. The SMILES string of the molecule is O=C(O)C1CCCN1C(c1cccc(F)c1)c1ccccc1Cl. The first-order chi connectivity index (χ1) is 11.1. The normalized spacial score (nSPS) is 19.7. The molecule has 3 nitrogen and oxygen atoms in total. The number of benzene rings is 2. The Morgan fingerprint density at radius 2 is 2.04 bits per heavy atom. The van der Waals surface area contributed by atoms with E-state index >= 15 is 0 Å². The van der Waals surface area contributed by atoms with Crippen LogP contribution in [0.3, 0.4) is 0 Å². The first-order valence-corrected chi connectivity index (χ1v) is 7.94. The van der Waals surface area contributed by atoms with Gasteiger partial charge in [0.1, 0.15) is 11.9 Å². The van der Waals surface area contributed by atoms with Crippen LogP contribution < -0.4 is 0 Å². The van der Waals surface area contributed by atoms with Gasteiger partial charge in [-0.25, -0.2) is 4.39 Å². The van der Waals surface area contributed by atoms with Gasteiger partial charge in [0.2, 0.25) is 0 Å². The second-order valence-electron chi connectivity index (χ2n) is 5.71. The molecule has 0 bridgehead atoms. The summed E-state index contributed by atoms with van der Waals surface area (Å²) in [6.45, 7) is 0.642. The number of rotatable bonds is 4. The number of likely N-dealkylation sites (tertiary alicyclic amines) is 1. The van der Waals surface area contributed by atoms with Crippen LogP contribution in [0, 0.1) is 5.82 Å². The lowest BCUT2D eigenvalue weighted by molar-refractivity contribution is -0.142. The van der Waals surface area contributed by atoms with Crippen LogP contribution in [0.15, 0.2) is 48.5 Å². The van der Waals surface area contributed by atoms with E-state index in [9.17, 15) is 14.3 Å². The van der Waals surface area contributed by atoms with E-state index in [1.165, 1.54) is 12.1 Å². The van der Waals surface area contributed by atoms with Crippen molar-refractivity contribution in [3.63, 3.8) is 0 Å². The van der Waals surface area contributed by atoms with Gasteiger partial charge in [-0.05, 0) is 42.2 Å². The first-order valence-electron chi connectivity index (χ1n) is 7.56. The van der Waals surface area contributed by atoms with Gasteiger partial charge in [0.15, 0.2) is 0 Å². The second kappa shape index (κ2) is 6.69. The molecule has 2 aromatic carbocycles. The number of aliphatic carboxylic acids is 1. The third-order valence-electron chi connectivity index (χ3n) is 4.28. The molecule has 1 aliphatic heterocycles. The third-order valence-corrected chi connectivity index (χ3v) is 4.62. The summed E-state index contributed by atoms with van der Waals surface area (Å²) >= 11 is 6.35. The Kier molecular flexibility index (Phi) is 4.64. The second-order valence-corrected chi connectivity index (χ2v) is 6.12. The smallest absolute Gasteiger partial charge is 0.320 e. The summed E-state index contributed by atoms with van der Waals surface area (Å²) in [5, 5.41) is 10.1. The molecule has 120 valence electrons.